The first-order chi connectivity index (χ1) is 9.15. The number of imide groups is 1. The zero-order chi connectivity index (χ0) is 13.7. The Hall–Kier alpha value is -2.15. The van der Waals surface area contributed by atoms with Crippen molar-refractivity contribution in [3.8, 4) is 0 Å². The molecule has 1 aromatic rings. The van der Waals surface area contributed by atoms with Gasteiger partial charge in [0.2, 0.25) is 5.91 Å². The van der Waals surface area contributed by atoms with Gasteiger partial charge in [-0.15, -0.1) is 0 Å². The molecule has 3 N–H and O–H groups in total. The Morgan fingerprint density at radius 1 is 1.32 bits per heavy atom. The molecule has 1 aliphatic rings. The number of carbonyl (C=O) groups is 2. The maximum atomic E-state index is 11.3. The van der Waals surface area contributed by atoms with E-state index in [4.69, 9.17) is 12.2 Å². The summed E-state index contributed by atoms with van der Waals surface area (Å²) in [5.41, 5.74) is 3.87. The fraction of sp³-hybridized carbons (Fsp3) is 0.250. The lowest BCUT2D eigenvalue weighted by molar-refractivity contribution is -0.118. The predicted molar refractivity (Wildman–Crippen MR) is 74.1 cm³/mol. The number of benzene rings is 1. The Morgan fingerprint density at radius 2 is 2.05 bits per heavy atom. The van der Waals surface area contributed by atoms with Crippen molar-refractivity contribution >= 4 is 29.3 Å². The van der Waals surface area contributed by atoms with Gasteiger partial charge in [-0.1, -0.05) is 30.3 Å². The van der Waals surface area contributed by atoms with Gasteiger partial charge in [0.15, 0.2) is 5.11 Å². The molecule has 2 rings (SSSR count). The summed E-state index contributed by atoms with van der Waals surface area (Å²) in [6.45, 7) is 0.624. The number of hydrazine groups is 1. The zero-order valence-corrected chi connectivity index (χ0v) is 11.0. The molecule has 0 atom stereocenters. The number of rotatable bonds is 4. The summed E-state index contributed by atoms with van der Waals surface area (Å²) in [5.74, 6) is -0.343. The first-order valence-corrected chi connectivity index (χ1v) is 6.26. The number of thiocarbonyl (C=S) groups is 1. The lowest BCUT2D eigenvalue weighted by atomic mass is 10.1. The number of hydrogen-bond acceptors (Lipinski definition) is 3. The van der Waals surface area contributed by atoms with Gasteiger partial charge in [0.25, 0.3) is 0 Å². The van der Waals surface area contributed by atoms with E-state index in [-0.39, 0.29) is 12.5 Å². The highest BCUT2D eigenvalue weighted by atomic mass is 32.1. The Bertz CT molecular complexity index is 492. The van der Waals surface area contributed by atoms with Crippen molar-refractivity contribution in [2.24, 2.45) is 0 Å². The molecule has 1 saturated heterocycles. The summed E-state index contributed by atoms with van der Waals surface area (Å²) in [6.07, 6.45) is 0.827. The maximum Gasteiger partial charge on any atom is 0.343 e. The standard InChI is InChI=1S/C12H14N4O2S/c17-10-8-16(12(18)14-10)15-11(19)13-7-6-9-4-2-1-3-5-9/h1-5H,6-8H2,(H2,13,15,19)(H,14,17,18). The SMILES string of the molecule is O=C1CN(NC(=S)NCCc2ccccc2)C(=O)N1. The van der Waals surface area contributed by atoms with Crippen molar-refractivity contribution in [1.82, 2.24) is 21.1 Å². The second kappa shape index (κ2) is 6.14. The van der Waals surface area contributed by atoms with Crippen LogP contribution in [0.4, 0.5) is 4.79 Å². The van der Waals surface area contributed by atoms with E-state index < -0.39 is 6.03 Å². The summed E-state index contributed by atoms with van der Waals surface area (Å²) in [4.78, 5) is 22.2. The van der Waals surface area contributed by atoms with Crippen LogP contribution in [0, 0.1) is 0 Å². The van der Waals surface area contributed by atoms with Gasteiger partial charge in [0.05, 0.1) is 0 Å². The zero-order valence-electron chi connectivity index (χ0n) is 10.2. The first-order valence-electron chi connectivity index (χ1n) is 5.85. The van der Waals surface area contributed by atoms with E-state index >= 15 is 0 Å². The third-order valence-corrected chi connectivity index (χ3v) is 2.81. The van der Waals surface area contributed by atoms with Crippen LogP contribution in [0.1, 0.15) is 5.56 Å². The van der Waals surface area contributed by atoms with Crippen LogP contribution in [-0.2, 0) is 11.2 Å². The smallest absolute Gasteiger partial charge is 0.343 e. The number of amides is 3. The van der Waals surface area contributed by atoms with Gasteiger partial charge in [-0.05, 0) is 24.2 Å². The van der Waals surface area contributed by atoms with Crippen molar-refractivity contribution in [3.05, 3.63) is 35.9 Å². The normalized spacial score (nSPS) is 14.2. The fourth-order valence-electron chi connectivity index (χ4n) is 1.66. The van der Waals surface area contributed by atoms with Gasteiger partial charge in [0, 0.05) is 6.54 Å². The number of urea groups is 1. The highest BCUT2D eigenvalue weighted by Gasteiger charge is 2.27. The largest absolute Gasteiger partial charge is 0.361 e. The topological polar surface area (TPSA) is 73.5 Å². The summed E-state index contributed by atoms with van der Waals surface area (Å²) >= 11 is 5.04. The molecule has 7 heteroatoms. The van der Waals surface area contributed by atoms with Gasteiger partial charge in [-0.25, -0.2) is 9.80 Å². The molecule has 1 aliphatic heterocycles. The van der Waals surface area contributed by atoms with Crippen LogP contribution in [-0.4, -0.2) is 35.1 Å². The third-order valence-electron chi connectivity index (χ3n) is 2.57. The molecule has 0 aromatic heterocycles. The van der Waals surface area contributed by atoms with E-state index in [1.54, 1.807) is 0 Å². The fourth-order valence-corrected chi connectivity index (χ4v) is 1.87. The van der Waals surface area contributed by atoms with Crippen molar-refractivity contribution in [1.29, 1.82) is 0 Å². The van der Waals surface area contributed by atoms with E-state index in [9.17, 15) is 9.59 Å². The van der Waals surface area contributed by atoms with Crippen LogP contribution in [0.15, 0.2) is 30.3 Å². The van der Waals surface area contributed by atoms with E-state index in [1.165, 1.54) is 5.56 Å². The van der Waals surface area contributed by atoms with E-state index in [0.717, 1.165) is 11.4 Å². The van der Waals surface area contributed by atoms with Gasteiger partial charge < -0.3 is 5.32 Å². The minimum absolute atomic E-state index is 0.0284. The lowest BCUT2D eigenvalue weighted by Gasteiger charge is -2.17. The second-order valence-corrected chi connectivity index (χ2v) is 4.45. The molecular formula is C12H14N4O2S. The molecule has 0 aliphatic carbocycles. The molecule has 0 radical (unpaired) electrons. The number of nitrogens with zero attached hydrogens (tertiary/aromatic N) is 1. The predicted octanol–water partition coefficient (Wildman–Crippen LogP) is 0.160. The van der Waals surface area contributed by atoms with Gasteiger partial charge >= 0.3 is 6.03 Å². The van der Waals surface area contributed by atoms with E-state index in [2.05, 4.69) is 16.1 Å². The van der Waals surface area contributed by atoms with Crippen LogP contribution < -0.4 is 16.1 Å². The summed E-state index contributed by atoms with van der Waals surface area (Å²) < 4.78 is 0. The second-order valence-electron chi connectivity index (χ2n) is 4.04. The number of nitrogens with one attached hydrogen (secondary N) is 3. The molecule has 0 spiro atoms. The molecular weight excluding hydrogens is 264 g/mol. The summed E-state index contributed by atoms with van der Waals surface area (Å²) in [5, 5.41) is 6.59. The highest BCUT2D eigenvalue weighted by Crippen LogP contribution is 1.98. The average molecular weight is 278 g/mol. The number of hydrogen-bond donors (Lipinski definition) is 3. The summed E-state index contributed by atoms with van der Waals surface area (Å²) in [7, 11) is 0. The molecule has 1 heterocycles. The molecule has 6 nitrogen and oxygen atoms in total. The molecule has 0 saturated carbocycles. The molecule has 3 amide bonds. The van der Waals surface area contributed by atoms with E-state index in [0.29, 0.717) is 11.7 Å². The molecule has 19 heavy (non-hydrogen) atoms. The maximum absolute atomic E-state index is 11.3. The van der Waals surface area contributed by atoms with Crippen LogP contribution in [0.2, 0.25) is 0 Å². The van der Waals surface area contributed by atoms with Crippen molar-refractivity contribution in [2.75, 3.05) is 13.1 Å². The minimum Gasteiger partial charge on any atom is -0.361 e. The van der Waals surface area contributed by atoms with Crippen molar-refractivity contribution < 1.29 is 9.59 Å². The first kappa shape index (κ1) is 13.3. The van der Waals surface area contributed by atoms with E-state index in [1.807, 2.05) is 30.3 Å². The van der Waals surface area contributed by atoms with Crippen LogP contribution in [0.25, 0.3) is 0 Å². The van der Waals surface area contributed by atoms with Gasteiger partial charge in [-0.3, -0.25) is 15.5 Å². The molecule has 1 fully saturated rings. The lowest BCUT2D eigenvalue weighted by Crippen LogP contribution is -2.48. The van der Waals surface area contributed by atoms with Crippen molar-refractivity contribution in [3.63, 3.8) is 0 Å². The minimum atomic E-state index is -0.489. The summed E-state index contributed by atoms with van der Waals surface area (Å²) in [6, 6.07) is 9.50. The Balaban J connectivity index is 1.70. The van der Waals surface area contributed by atoms with Crippen LogP contribution in [0.3, 0.4) is 0 Å². The monoisotopic (exact) mass is 278 g/mol. The molecule has 100 valence electrons. The van der Waals surface area contributed by atoms with Crippen LogP contribution >= 0.6 is 12.2 Å². The molecule has 1 aromatic carbocycles. The van der Waals surface area contributed by atoms with Crippen molar-refractivity contribution in [2.45, 2.75) is 6.42 Å². The van der Waals surface area contributed by atoms with Crippen LogP contribution in [0.5, 0.6) is 0 Å². The van der Waals surface area contributed by atoms with Gasteiger partial charge in [-0.2, -0.15) is 0 Å². The third kappa shape index (κ3) is 3.92. The van der Waals surface area contributed by atoms with Gasteiger partial charge in [0.1, 0.15) is 6.54 Å². The quantitative estimate of drug-likeness (QED) is 0.540. The highest BCUT2D eigenvalue weighted by molar-refractivity contribution is 7.80. The Kier molecular flexibility index (Phi) is 4.30. The molecule has 0 bridgehead atoms. The number of carbonyl (C=O) groups excluding carboxylic acids is 2. The Labute approximate surface area is 116 Å². The molecule has 0 unspecified atom stereocenters. The Morgan fingerprint density at radius 3 is 2.68 bits per heavy atom. The average Bonchev–Trinajstić information content (AvgIpc) is 2.69.